The summed E-state index contributed by atoms with van der Waals surface area (Å²) in [5.74, 6) is 0.0858. The normalized spacial score (nSPS) is 10.7. The number of aromatic carboxylic acids is 1. The number of fused-ring (bicyclic) bond motifs is 1. The Labute approximate surface area is 125 Å². The second-order valence-electron chi connectivity index (χ2n) is 4.39. The van der Waals surface area contributed by atoms with Gasteiger partial charge in [0.1, 0.15) is 12.4 Å². The minimum Gasteiger partial charge on any atom is -0.486 e. The van der Waals surface area contributed by atoms with Gasteiger partial charge < -0.3 is 9.84 Å². The maximum atomic E-state index is 11.2. The van der Waals surface area contributed by atoms with E-state index in [1.165, 1.54) is 0 Å². The van der Waals surface area contributed by atoms with E-state index in [0.29, 0.717) is 22.1 Å². The molecular formula is C15H11ClN2O3. The second-order valence-corrected chi connectivity index (χ2v) is 4.82. The van der Waals surface area contributed by atoms with Crippen molar-refractivity contribution in [3.05, 3.63) is 65.2 Å². The van der Waals surface area contributed by atoms with E-state index < -0.39 is 5.97 Å². The first-order valence-electron chi connectivity index (χ1n) is 6.23. The number of para-hydroxylation sites is 1. The molecule has 0 unspecified atom stereocenters. The number of halogens is 1. The summed E-state index contributed by atoms with van der Waals surface area (Å²) in [7, 11) is 0. The lowest BCUT2D eigenvalue weighted by Crippen LogP contribution is -2.01. The molecule has 0 aliphatic carbocycles. The molecule has 6 heteroatoms. The van der Waals surface area contributed by atoms with Crippen LogP contribution in [-0.4, -0.2) is 20.5 Å². The van der Waals surface area contributed by atoms with Crippen molar-refractivity contribution in [2.75, 3.05) is 0 Å². The average Bonchev–Trinajstić information content (AvgIpc) is 2.84. The van der Waals surface area contributed by atoms with Gasteiger partial charge >= 0.3 is 5.97 Å². The number of aromatic nitrogens is 2. The van der Waals surface area contributed by atoms with E-state index in [4.69, 9.17) is 16.3 Å². The Morgan fingerprint density at radius 3 is 2.71 bits per heavy atom. The van der Waals surface area contributed by atoms with Crippen LogP contribution in [0.4, 0.5) is 0 Å². The molecule has 0 saturated carbocycles. The topological polar surface area (TPSA) is 63.8 Å². The molecule has 0 bridgehead atoms. The zero-order valence-electron chi connectivity index (χ0n) is 10.9. The van der Waals surface area contributed by atoms with Crippen molar-refractivity contribution in [3.63, 3.8) is 0 Å². The maximum Gasteiger partial charge on any atom is 0.356 e. The summed E-state index contributed by atoms with van der Waals surface area (Å²) in [5, 5.41) is 9.70. The molecule has 2 aromatic heterocycles. The Morgan fingerprint density at radius 1 is 1.24 bits per heavy atom. The first-order chi connectivity index (χ1) is 10.1. The van der Waals surface area contributed by atoms with Crippen LogP contribution in [0.5, 0.6) is 5.75 Å². The summed E-state index contributed by atoms with van der Waals surface area (Å²) in [6.07, 6.45) is 1.63. The summed E-state index contributed by atoms with van der Waals surface area (Å²) in [6.45, 7) is 0.152. The van der Waals surface area contributed by atoms with E-state index in [1.54, 1.807) is 22.7 Å². The largest absolute Gasteiger partial charge is 0.486 e. The fourth-order valence-electron chi connectivity index (χ4n) is 2.05. The van der Waals surface area contributed by atoms with E-state index >= 15 is 0 Å². The van der Waals surface area contributed by atoms with Crippen molar-refractivity contribution in [3.8, 4) is 5.75 Å². The Hall–Kier alpha value is -2.53. The molecule has 3 rings (SSSR count). The van der Waals surface area contributed by atoms with Crippen LogP contribution in [0.25, 0.3) is 5.52 Å². The number of carboxylic acid groups (broad SMARTS) is 1. The Balaban J connectivity index is 1.98. The number of ether oxygens (including phenoxy) is 1. The lowest BCUT2D eigenvalue weighted by atomic mass is 10.3. The molecule has 0 radical (unpaired) electrons. The van der Waals surface area contributed by atoms with Gasteiger partial charge in [0.25, 0.3) is 0 Å². The van der Waals surface area contributed by atoms with Crippen molar-refractivity contribution in [2.45, 2.75) is 6.61 Å². The molecule has 3 aromatic rings. The number of carboxylic acids is 1. The number of hydrogen-bond acceptors (Lipinski definition) is 3. The number of nitrogens with zero attached hydrogens (tertiary/aromatic N) is 2. The van der Waals surface area contributed by atoms with Crippen molar-refractivity contribution in [1.82, 2.24) is 9.38 Å². The SMILES string of the molecule is O=C(O)c1nc(COc2ccccc2)n2cc(Cl)ccc12. The van der Waals surface area contributed by atoms with Gasteiger partial charge in [-0.15, -0.1) is 0 Å². The van der Waals surface area contributed by atoms with Crippen LogP contribution in [0.2, 0.25) is 5.02 Å². The quantitative estimate of drug-likeness (QED) is 0.803. The molecule has 0 saturated heterocycles. The van der Waals surface area contributed by atoms with Crippen LogP contribution in [0, 0.1) is 0 Å². The molecule has 0 amide bonds. The molecule has 2 heterocycles. The number of rotatable bonds is 4. The van der Waals surface area contributed by atoms with Crippen LogP contribution in [-0.2, 0) is 6.61 Å². The van der Waals surface area contributed by atoms with E-state index in [9.17, 15) is 9.90 Å². The highest BCUT2D eigenvalue weighted by Crippen LogP contribution is 2.19. The zero-order valence-corrected chi connectivity index (χ0v) is 11.6. The monoisotopic (exact) mass is 302 g/mol. The molecule has 0 atom stereocenters. The fraction of sp³-hybridized carbons (Fsp3) is 0.0667. The highest BCUT2D eigenvalue weighted by Gasteiger charge is 2.17. The molecule has 0 aliphatic heterocycles. The minimum absolute atomic E-state index is 0.0154. The third-order valence-electron chi connectivity index (χ3n) is 2.99. The fourth-order valence-corrected chi connectivity index (χ4v) is 2.21. The lowest BCUT2D eigenvalue weighted by molar-refractivity contribution is 0.0693. The smallest absolute Gasteiger partial charge is 0.356 e. The standard InChI is InChI=1S/C15H11ClN2O3/c16-10-6-7-12-14(15(19)20)17-13(18(12)8-10)9-21-11-4-2-1-3-5-11/h1-8H,9H2,(H,19,20). The molecule has 0 aliphatic rings. The number of imidazole rings is 1. The van der Waals surface area contributed by atoms with Crippen LogP contribution in [0.15, 0.2) is 48.7 Å². The Bertz CT molecular complexity index is 799. The number of hydrogen-bond donors (Lipinski definition) is 1. The van der Waals surface area contributed by atoms with Gasteiger partial charge in [-0.25, -0.2) is 9.78 Å². The van der Waals surface area contributed by atoms with Crippen molar-refractivity contribution >= 4 is 23.1 Å². The van der Waals surface area contributed by atoms with Crippen molar-refractivity contribution in [1.29, 1.82) is 0 Å². The molecule has 0 fully saturated rings. The van der Waals surface area contributed by atoms with E-state index in [2.05, 4.69) is 4.98 Å². The van der Waals surface area contributed by atoms with Gasteiger partial charge in [-0.05, 0) is 24.3 Å². The molecular weight excluding hydrogens is 292 g/mol. The van der Waals surface area contributed by atoms with E-state index in [0.717, 1.165) is 0 Å². The molecule has 21 heavy (non-hydrogen) atoms. The molecule has 1 N–H and O–H groups in total. The highest BCUT2D eigenvalue weighted by molar-refractivity contribution is 6.30. The van der Waals surface area contributed by atoms with Crippen LogP contribution in [0.3, 0.4) is 0 Å². The highest BCUT2D eigenvalue weighted by atomic mass is 35.5. The van der Waals surface area contributed by atoms with E-state index in [1.807, 2.05) is 30.3 Å². The van der Waals surface area contributed by atoms with Crippen molar-refractivity contribution in [2.24, 2.45) is 0 Å². The zero-order chi connectivity index (χ0) is 14.8. The van der Waals surface area contributed by atoms with Gasteiger partial charge in [-0.3, -0.25) is 4.40 Å². The van der Waals surface area contributed by atoms with Crippen LogP contribution < -0.4 is 4.74 Å². The predicted molar refractivity (Wildman–Crippen MR) is 77.9 cm³/mol. The van der Waals surface area contributed by atoms with Gasteiger partial charge in [0, 0.05) is 6.20 Å². The summed E-state index contributed by atoms with van der Waals surface area (Å²) < 4.78 is 7.25. The second kappa shape index (κ2) is 5.46. The Kier molecular flexibility index (Phi) is 3.50. The predicted octanol–water partition coefficient (Wildman–Crippen LogP) is 3.26. The van der Waals surface area contributed by atoms with Gasteiger partial charge in [0.05, 0.1) is 10.5 Å². The Morgan fingerprint density at radius 2 is 2.00 bits per heavy atom. The van der Waals surface area contributed by atoms with Gasteiger partial charge in [0.15, 0.2) is 11.5 Å². The first kappa shape index (κ1) is 13.5. The number of carbonyl (C=O) groups is 1. The molecule has 5 nitrogen and oxygen atoms in total. The lowest BCUT2D eigenvalue weighted by Gasteiger charge is -2.05. The number of pyridine rings is 1. The minimum atomic E-state index is -1.08. The summed E-state index contributed by atoms with van der Waals surface area (Å²) >= 11 is 5.96. The third kappa shape index (κ3) is 2.68. The van der Waals surface area contributed by atoms with Crippen LogP contribution >= 0.6 is 11.6 Å². The first-order valence-corrected chi connectivity index (χ1v) is 6.60. The molecule has 106 valence electrons. The molecule has 0 spiro atoms. The third-order valence-corrected chi connectivity index (χ3v) is 3.21. The maximum absolute atomic E-state index is 11.2. The molecule has 1 aromatic carbocycles. The summed E-state index contributed by atoms with van der Waals surface area (Å²) in [4.78, 5) is 15.4. The van der Waals surface area contributed by atoms with Gasteiger partial charge in [0.2, 0.25) is 0 Å². The summed E-state index contributed by atoms with van der Waals surface area (Å²) in [5.41, 5.74) is 0.469. The van der Waals surface area contributed by atoms with Gasteiger partial charge in [-0.1, -0.05) is 29.8 Å². The van der Waals surface area contributed by atoms with E-state index in [-0.39, 0.29) is 12.3 Å². The van der Waals surface area contributed by atoms with Crippen molar-refractivity contribution < 1.29 is 14.6 Å². The van der Waals surface area contributed by atoms with Gasteiger partial charge in [-0.2, -0.15) is 0 Å². The average molecular weight is 303 g/mol. The van der Waals surface area contributed by atoms with Crippen LogP contribution in [0.1, 0.15) is 16.3 Å². The number of benzene rings is 1. The summed E-state index contributed by atoms with van der Waals surface area (Å²) in [6, 6.07) is 12.5.